The molecule has 0 unspecified atom stereocenters. The highest BCUT2D eigenvalue weighted by Gasteiger charge is 2.18. The molecule has 5 rings (SSSR count). The first-order chi connectivity index (χ1) is 18.9. The van der Waals surface area contributed by atoms with E-state index in [0.29, 0.717) is 37.7 Å². The molecule has 0 bridgehead atoms. The van der Waals surface area contributed by atoms with Gasteiger partial charge in [-0.25, -0.2) is 14.4 Å². The zero-order valence-corrected chi connectivity index (χ0v) is 21.6. The Morgan fingerprint density at radius 2 is 1.74 bits per heavy atom. The molecule has 0 radical (unpaired) electrons. The Bertz CT molecular complexity index is 1440. The third-order valence-electron chi connectivity index (χ3n) is 5.87. The fourth-order valence-corrected chi connectivity index (χ4v) is 4.13. The zero-order chi connectivity index (χ0) is 27.2. The molecule has 4 aromatic rings. The molecule has 0 aliphatic carbocycles. The molecule has 0 saturated carbocycles. The summed E-state index contributed by atoms with van der Waals surface area (Å²) in [6.45, 7) is 6.09. The molecule has 3 heterocycles. The second kappa shape index (κ2) is 11.7. The predicted octanol–water partition coefficient (Wildman–Crippen LogP) is 4.76. The molecule has 3 N–H and O–H groups in total. The summed E-state index contributed by atoms with van der Waals surface area (Å²) in [5.41, 5.74) is 9.06. The minimum absolute atomic E-state index is 0.0625. The van der Waals surface area contributed by atoms with Crippen LogP contribution in [0.2, 0.25) is 0 Å². The summed E-state index contributed by atoms with van der Waals surface area (Å²) in [4.78, 5) is 26.7. The van der Waals surface area contributed by atoms with Crippen LogP contribution < -0.4 is 25.8 Å². The Kier molecular flexibility index (Phi) is 7.78. The number of hydrogen-bond acceptors (Lipinski definition) is 9. The molecular formula is C28H28FN7O3. The second-order valence-corrected chi connectivity index (χ2v) is 9.05. The van der Waals surface area contributed by atoms with E-state index in [0.717, 1.165) is 28.8 Å². The van der Waals surface area contributed by atoms with Crippen LogP contribution in [0.15, 0.2) is 67.0 Å². The predicted molar refractivity (Wildman–Crippen MR) is 146 cm³/mol. The topological polar surface area (TPSA) is 114 Å². The van der Waals surface area contributed by atoms with Gasteiger partial charge >= 0.3 is 0 Å². The number of benzene rings is 2. The summed E-state index contributed by atoms with van der Waals surface area (Å²) in [6.07, 6.45) is 2.62. The number of carbonyl (C=O) groups excluding carboxylic acids is 1. The fraction of sp³-hybridized carbons (Fsp3) is 0.214. The largest absolute Gasteiger partial charge is 0.457 e. The molecule has 1 saturated heterocycles. The Hall–Kier alpha value is -4.77. The highest BCUT2D eigenvalue weighted by Crippen LogP contribution is 2.27. The van der Waals surface area contributed by atoms with E-state index in [2.05, 4.69) is 37.2 Å². The van der Waals surface area contributed by atoms with E-state index < -0.39 is 11.7 Å². The second-order valence-electron chi connectivity index (χ2n) is 9.05. The van der Waals surface area contributed by atoms with Crippen molar-refractivity contribution in [1.29, 1.82) is 0 Å². The molecule has 2 aromatic heterocycles. The highest BCUT2D eigenvalue weighted by molar-refractivity contribution is 5.93. The number of rotatable bonds is 8. The number of pyridine rings is 1. The van der Waals surface area contributed by atoms with E-state index >= 15 is 0 Å². The SMILES string of the molecule is Cc1cc(C)cc(Oc2cccc(Nc3ccc(C(=O)NNc4ncc(F)c(N5CCOCC5)n4)nc3)c2)c1. The van der Waals surface area contributed by atoms with Gasteiger partial charge in [-0.3, -0.25) is 15.6 Å². The summed E-state index contributed by atoms with van der Waals surface area (Å²) < 4.78 is 25.5. The summed E-state index contributed by atoms with van der Waals surface area (Å²) in [5.74, 6) is 0.653. The van der Waals surface area contributed by atoms with Gasteiger partial charge in [-0.1, -0.05) is 12.1 Å². The van der Waals surface area contributed by atoms with E-state index in [-0.39, 0.29) is 17.5 Å². The van der Waals surface area contributed by atoms with Crippen LogP contribution in [-0.2, 0) is 4.74 Å². The molecule has 1 amide bonds. The van der Waals surface area contributed by atoms with Crippen molar-refractivity contribution < 1.29 is 18.7 Å². The Morgan fingerprint density at radius 3 is 2.49 bits per heavy atom. The van der Waals surface area contributed by atoms with Crippen LogP contribution in [0.5, 0.6) is 11.5 Å². The first-order valence-corrected chi connectivity index (χ1v) is 12.4. The number of hydrazine groups is 1. The quantitative estimate of drug-likeness (QED) is 0.278. The van der Waals surface area contributed by atoms with Crippen LogP contribution in [0.25, 0.3) is 0 Å². The lowest BCUT2D eigenvalue weighted by Gasteiger charge is -2.28. The van der Waals surface area contributed by atoms with Gasteiger partial charge in [0.1, 0.15) is 17.2 Å². The summed E-state index contributed by atoms with van der Waals surface area (Å²) in [6, 6.07) is 17.0. The van der Waals surface area contributed by atoms with Crippen molar-refractivity contribution in [3.63, 3.8) is 0 Å². The normalized spacial score (nSPS) is 13.1. The molecule has 2 aromatic carbocycles. The lowest BCUT2D eigenvalue weighted by Crippen LogP contribution is -2.38. The van der Waals surface area contributed by atoms with Gasteiger partial charge in [0.25, 0.3) is 5.91 Å². The fourth-order valence-electron chi connectivity index (χ4n) is 4.13. The molecule has 200 valence electrons. The maximum atomic E-state index is 14.2. The van der Waals surface area contributed by atoms with Crippen molar-refractivity contribution in [2.24, 2.45) is 0 Å². The van der Waals surface area contributed by atoms with Gasteiger partial charge in [-0.15, -0.1) is 0 Å². The number of halogens is 1. The number of aromatic nitrogens is 3. The van der Waals surface area contributed by atoms with E-state index in [1.54, 1.807) is 23.2 Å². The van der Waals surface area contributed by atoms with Gasteiger partial charge < -0.3 is 19.7 Å². The lowest BCUT2D eigenvalue weighted by molar-refractivity contribution is 0.0957. The molecule has 10 nitrogen and oxygen atoms in total. The molecule has 1 aliphatic heterocycles. The van der Waals surface area contributed by atoms with E-state index in [9.17, 15) is 9.18 Å². The van der Waals surface area contributed by atoms with Gasteiger partial charge in [0, 0.05) is 24.8 Å². The minimum Gasteiger partial charge on any atom is -0.457 e. The Morgan fingerprint density at radius 1 is 0.949 bits per heavy atom. The summed E-state index contributed by atoms with van der Waals surface area (Å²) in [5, 5.41) is 3.26. The molecular weight excluding hydrogens is 501 g/mol. The van der Waals surface area contributed by atoms with E-state index in [1.807, 2.05) is 50.2 Å². The first-order valence-electron chi connectivity index (χ1n) is 12.4. The van der Waals surface area contributed by atoms with Crippen LogP contribution in [-0.4, -0.2) is 47.2 Å². The van der Waals surface area contributed by atoms with Crippen LogP contribution in [0.3, 0.4) is 0 Å². The molecule has 39 heavy (non-hydrogen) atoms. The molecule has 0 atom stereocenters. The minimum atomic E-state index is -0.541. The van der Waals surface area contributed by atoms with Crippen molar-refractivity contribution >= 4 is 29.0 Å². The maximum Gasteiger partial charge on any atom is 0.288 e. The van der Waals surface area contributed by atoms with Crippen molar-refractivity contribution in [2.45, 2.75) is 13.8 Å². The molecule has 1 fully saturated rings. The van der Waals surface area contributed by atoms with Crippen LogP contribution in [0, 0.1) is 19.7 Å². The number of nitrogens with one attached hydrogen (secondary N) is 3. The average Bonchev–Trinajstić information content (AvgIpc) is 2.93. The summed E-state index contributed by atoms with van der Waals surface area (Å²) >= 11 is 0. The number of amides is 1. The van der Waals surface area contributed by atoms with E-state index in [4.69, 9.17) is 9.47 Å². The van der Waals surface area contributed by atoms with Crippen LogP contribution >= 0.6 is 0 Å². The number of morpholine rings is 1. The molecule has 0 spiro atoms. The molecule has 11 heteroatoms. The zero-order valence-electron chi connectivity index (χ0n) is 21.6. The smallest absolute Gasteiger partial charge is 0.288 e. The van der Waals surface area contributed by atoms with Gasteiger partial charge in [0.15, 0.2) is 11.6 Å². The Balaban J connectivity index is 1.18. The average molecular weight is 530 g/mol. The third-order valence-corrected chi connectivity index (χ3v) is 5.87. The van der Waals surface area contributed by atoms with Crippen molar-refractivity contribution in [3.05, 3.63) is 89.6 Å². The Labute approximate surface area is 225 Å². The first kappa shape index (κ1) is 25.9. The number of nitrogens with zero attached hydrogens (tertiary/aromatic N) is 4. The van der Waals surface area contributed by atoms with Gasteiger partial charge in [0.05, 0.1) is 31.3 Å². The number of ether oxygens (including phenoxy) is 2. The number of anilines is 4. The standard InChI is InChI=1S/C28H28FN7O3/c1-18-12-19(2)14-23(13-18)39-22-5-3-4-20(15-22)32-21-6-7-25(30-16-21)27(37)34-35-28-31-17-24(29)26(33-28)36-8-10-38-11-9-36/h3-7,12-17,32H,8-11H2,1-2H3,(H,34,37)(H,31,33,35). The van der Waals surface area contributed by atoms with Crippen molar-refractivity contribution in [2.75, 3.05) is 41.9 Å². The number of hydrogen-bond donors (Lipinski definition) is 3. The summed E-state index contributed by atoms with van der Waals surface area (Å²) in [7, 11) is 0. The third kappa shape index (κ3) is 6.76. The maximum absolute atomic E-state index is 14.2. The van der Waals surface area contributed by atoms with Crippen LogP contribution in [0.1, 0.15) is 21.6 Å². The van der Waals surface area contributed by atoms with Crippen molar-refractivity contribution in [1.82, 2.24) is 20.4 Å². The van der Waals surface area contributed by atoms with E-state index in [1.165, 1.54) is 0 Å². The van der Waals surface area contributed by atoms with Crippen molar-refractivity contribution in [3.8, 4) is 11.5 Å². The number of carbonyl (C=O) groups is 1. The van der Waals surface area contributed by atoms with Gasteiger partial charge in [0.2, 0.25) is 5.95 Å². The van der Waals surface area contributed by atoms with Gasteiger partial charge in [-0.05, 0) is 61.4 Å². The highest BCUT2D eigenvalue weighted by atomic mass is 19.1. The molecule has 1 aliphatic rings. The van der Waals surface area contributed by atoms with Gasteiger partial charge in [-0.2, -0.15) is 4.98 Å². The monoisotopic (exact) mass is 529 g/mol. The van der Waals surface area contributed by atoms with Crippen LogP contribution in [0.4, 0.5) is 27.5 Å². The number of aryl methyl sites for hydroxylation is 2. The lowest BCUT2D eigenvalue weighted by atomic mass is 10.1.